The smallest absolute Gasteiger partial charge is 0.340 e. The van der Waals surface area contributed by atoms with Crippen LogP contribution in [0.4, 0.5) is 5.00 Å². The maximum atomic E-state index is 12.1. The Morgan fingerprint density at radius 2 is 2.00 bits per heavy atom. The molecule has 1 aromatic heterocycles. The predicted octanol–water partition coefficient (Wildman–Crippen LogP) is 2.78. The summed E-state index contributed by atoms with van der Waals surface area (Å²) in [6.07, 6.45) is 2.63. The largest absolute Gasteiger partial charge is 0.452 e. The Kier molecular flexibility index (Phi) is 5.06. The molecule has 0 bridgehead atoms. The van der Waals surface area contributed by atoms with Crippen molar-refractivity contribution in [2.75, 3.05) is 11.9 Å². The third-order valence-corrected chi connectivity index (χ3v) is 5.39. The molecule has 2 aromatic rings. The molecule has 0 saturated heterocycles. The Morgan fingerprint density at radius 1 is 1.24 bits per heavy atom. The van der Waals surface area contributed by atoms with E-state index in [-0.39, 0.29) is 10.6 Å². The highest BCUT2D eigenvalue weighted by Gasteiger charge is 2.26. The average Bonchev–Trinajstić information content (AvgIpc) is 3.13. The molecule has 3 N–H and O–H groups in total. The Labute approximate surface area is 152 Å². The third-order valence-electron chi connectivity index (χ3n) is 3.85. The molecule has 0 atom stereocenters. The van der Waals surface area contributed by atoms with Crippen LogP contribution in [-0.2, 0) is 22.4 Å². The standard InChI is InChI=1S/C17H15ClN2O4S/c18-11-6-2-1-4-9(11)17(23)24-8-13(21)20-16-14(15(19)22)10-5-3-7-12(10)25-16/h1-2,4,6H,3,5,7-8H2,(H2,19,22)(H,20,21). The number of aryl methyl sites for hydroxylation is 1. The van der Waals surface area contributed by atoms with Crippen LogP contribution in [-0.4, -0.2) is 24.4 Å². The Hall–Kier alpha value is -2.38. The molecule has 0 spiro atoms. The molecule has 0 radical (unpaired) electrons. The van der Waals surface area contributed by atoms with Crippen LogP contribution < -0.4 is 11.1 Å². The number of hydrogen-bond acceptors (Lipinski definition) is 5. The van der Waals surface area contributed by atoms with E-state index in [1.54, 1.807) is 18.2 Å². The minimum Gasteiger partial charge on any atom is -0.452 e. The zero-order valence-electron chi connectivity index (χ0n) is 13.1. The van der Waals surface area contributed by atoms with Crippen molar-refractivity contribution in [3.8, 4) is 0 Å². The molecule has 25 heavy (non-hydrogen) atoms. The van der Waals surface area contributed by atoms with Crippen LogP contribution in [0, 0.1) is 0 Å². The van der Waals surface area contributed by atoms with Gasteiger partial charge < -0.3 is 15.8 Å². The number of benzene rings is 1. The highest BCUT2D eigenvalue weighted by Crippen LogP contribution is 2.38. The number of anilines is 1. The normalized spacial score (nSPS) is 12.5. The summed E-state index contributed by atoms with van der Waals surface area (Å²) >= 11 is 7.26. The van der Waals surface area contributed by atoms with E-state index < -0.39 is 24.4 Å². The van der Waals surface area contributed by atoms with Gasteiger partial charge in [-0.05, 0) is 37.0 Å². The number of amides is 2. The minimum absolute atomic E-state index is 0.185. The third kappa shape index (κ3) is 3.67. The summed E-state index contributed by atoms with van der Waals surface area (Å²) in [6, 6.07) is 6.41. The molecule has 3 rings (SSSR count). The fourth-order valence-electron chi connectivity index (χ4n) is 2.75. The van der Waals surface area contributed by atoms with Crippen molar-refractivity contribution in [3.05, 3.63) is 50.9 Å². The number of hydrogen-bond donors (Lipinski definition) is 2. The molecule has 1 aliphatic rings. The monoisotopic (exact) mass is 378 g/mol. The number of carbonyl (C=O) groups excluding carboxylic acids is 3. The number of fused-ring (bicyclic) bond motifs is 1. The second kappa shape index (κ2) is 7.25. The van der Waals surface area contributed by atoms with Gasteiger partial charge in [-0.15, -0.1) is 11.3 Å². The van der Waals surface area contributed by atoms with E-state index in [0.717, 1.165) is 29.7 Å². The maximum absolute atomic E-state index is 12.1. The van der Waals surface area contributed by atoms with E-state index in [9.17, 15) is 14.4 Å². The van der Waals surface area contributed by atoms with Crippen molar-refractivity contribution in [2.45, 2.75) is 19.3 Å². The van der Waals surface area contributed by atoms with Crippen molar-refractivity contribution < 1.29 is 19.1 Å². The van der Waals surface area contributed by atoms with Gasteiger partial charge in [-0.2, -0.15) is 0 Å². The summed E-state index contributed by atoms with van der Waals surface area (Å²) in [7, 11) is 0. The molecule has 1 aliphatic carbocycles. The highest BCUT2D eigenvalue weighted by atomic mass is 35.5. The Bertz CT molecular complexity index is 862. The topological polar surface area (TPSA) is 98.5 Å². The zero-order chi connectivity index (χ0) is 18.0. The fourth-order valence-corrected chi connectivity index (χ4v) is 4.28. The highest BCUT2D eigenvalue weighted by molar-refractivity contribution is 7.17. The molecule has 0 saturated carbocycles. The number of primary amides is 1. The molecule has 130 valence electrons. The van der Waals surface area contributed by atoms with E-state index in [4.69, 9.17) is 22.1 Å². The number of rotatable bonds is 5. The van der Waals surface area contributed by atoms with Crippen LogP contribution in [0.15, 0.2) is 24.3 Å². The predicted molar refractivity (Wildman–Crippen MR) is 95.2 cm³/mol. The molecule has 0 aliphatic heterocycles. The van der Waals surface area contributed by atoms with Crippen molar-refractivity contribution in [2.24, 2.45) is 5.73 Å². The molecule has 0 unspecified atom stereocenters. The molecule has 1 aromatic carbocycles. The first-order chi connectivity index (χ1) is 12.0. The van der Waals surface area contributed by atoms with Crippen molar-refractivity contribution in [3.63, 3.8) is 0 Å². The van der Waals surface area contributed by atoms with E-state index in [1.807, 2.05) is 0 Å². The lowest BCUT2D eigenvalue weighted by Gasteiger charge is -2.08. The van der Waals surface area contributed by atoms with E-state index in [2.05, 4.69) is 5.32 Å². The van der Waals surface area contributed by atoms with Crippen LogP contribution in [0.5, 0.6) is 0 Å². The van der Waals surface area contributed by atoms with Gasteiger partial charge in [-0.1, -0.05) is 23.7 Å². The van der Waals surface area contributed by atoms with Crippen molar-refractivity contribution in [1.82, 2.24) is 0 Å². The lowest BCUT2D eigenvalue weighted by molar-refractivity contribution is -0.119. The Morgan fingerprint density at radius 3 is 2.72 bits per heavy atom. The molecule has 0 fully saturated rings. The van der Waals surface area contributed by atoms with Gasteiger partial charge in [0.2, 0.25) is 0 Å². The van der Waals surface area contributed by atoms with Crippen LogP contribution in [0.3, 0.4) is 0 Å². The number of carbonyl (C=O) groups is 3. The molecule has 6 nitrogen and oxygen atoms in total. The van der Waals surface area contributed by atoms with Gasteiger partial charge in [0.1, 0.15) is 5.00 Å². The number of nitrogens with one attached hydrogen (secondary N) is 1. The quantitative estimate of drug-likeness (QED) is 0.781. The van der Waals surface area contributed by atoms with Crippen molar-refractivity contribution in [1.29, 1.82) is 0 Å². The summed E-state index contributed by atoms with van der Waals surface area (Å²) < 4.78 is 4.97. The molecular formula is C17H15ClN2O4S. The summed E-state index contributed by atoms with van der Waals surface area (Å²) in [5.74, 6) is -1.80. The first-order valence-electron chi connectivity index (χ1n) is 7.63. The summed E-state index contributed by atoms with van der Waals surface area (Å²) in [6.45, 7) is -0.481. The van der Waals surface area contributed by atoms with Gasteiger partial charge in [0.15, 0.2) is 6.61 Å². The van der Waals surface area contributed by atoms with Crippen molar-refractivity contribution >= 4 is 45.7 Å². The second-order valence-electron chi connectivity index (χ2n) is 5.53. The van der Waals surface area contributed by atoms with Gasteiger partial charge in [-0.25, -0.2) is 4.79 Å². The number of nitrogens with two attached hydrogens (primary N) is 1. The summed E-state index contributed by atoms with van der Waals surface area (Å²) in [5, 5.41) is 3.27. The van der Waals surface area contributed by atoms with E-state index in [1.165, 1.54) is 17.4 Å². The number of halogens is 1. The molecule has 1 heterocycles. The minimum atomic E-state index is -0.690. The van der Waals surface area contributed by atoms with Crippen LogP contribution >= 0.6 is 22.9 Å². The zero-order valence-corrected chi connectivity index (χ0v) is 14.7. The van der Waals surface area contributed by atoms with Crippen LogP contribution in [0.2, 0.25) is 5.02 Å². The van der Waals surface area contributed by atoms with Gasteiger partial charge in [0.25, 0.3) is 11.8 Å². The lowest BCUT2D eigenvalue weighted by atomic mass is 10.1. The lowest BCUT2D eigenvalue weighted by Crippen LogP contribution is -2.22. The first-order valence-corrected chi connectivity index (χ1v) is 8.82. The summed E-state index contributed by atoms with van der Waals surface area (Å²) in [5.41, 5.74) is 6.91. The van der Waals surface area contributed by atoms with Gasteiger partial charge in [-0.3, -0.25) is 9.59 Å². The van der Waals surface area contributed by atoms with Gasteiger partial charge in [0, 0.05) is 4.88 Å². The Balaban J connectivity index is 1.65. The van der Waals surface area contributed by atoms with E-state index >= 15 is 0 Å². The van der Waals surface area contributed by atoms with Crippen LogP contribution in [0.25, 0.3) is 0 Å². The summed E-state index contributed by atoms with van der Waals surface area (Å²) in [4.78, 5) is 36.8. The molecule has 8 heteroatoms. The SMILES string of the molecule is NC(=O)c1c(NC(=O)COC(=O)c2ccccc2Cl)sc2c1CCC2. The van der Waals surface area contributed by atoms with E-state index in [0.29, 0.717) is 10.6 Å². The average molecular weight is 379 g/mol. The fraction of sp³-hybridized carbons (Fsp3) is 0.235. The second-order valence-corrected chi connectivity index (χ2v) is 7.04. The maximum Gasteiger partial charge on any atom is 0.340 e. The van der Waals surface area contributed by atoms with Gasteiger partial charge in [0.05, 0.1) is 16.1 Å². The van der Waals surface area contributed by atoms with Crippen LogP contribution in [0.1, 0.15) is 37.6 Å². The van der Waals surface area contributed by atoms with Gasteiger partial charge >= 0.3 is 5.97 Å². The number of thiophene rings is 1. The first kappa shape index (κ1) is 17.4. The molecular weight excluding hydrogens is 364 g/mol. The number of ether oxygens (including phenoxy) is 1. The molecule has 2 amide bonds. The number of esters is 1.